The fraction of sp³-hybridized carbons (Fsp3) is 0.172. The molecule has 182 valence electrons. The van der Waals surface area contributed by atoms with Crippen LogP contribution in [0.5, 0.6) is 11.5 Å². The van der Waals surface area contributed by atoms with Gasteiger partial charge in [-0.05, 0) is 48.4 Å². The van der Waals surface area contributed by atoms with E-state index in [1.165, 1.54) is 4.90 Å². The van der Waals surface area contributed by atoms with Crippen LogP contribution in [0.3, 0.4) is 0 Å². The zero-order valence-corrected chi connectivity index (χ0v) is 19.7. The smallest absolute Gasteiger partial charge is 0.290 e. The van der Waals surface area contributed by atoms with E-state index in [1.807, 2.05) is 54.6 Å². The second-order valence-corrected chi connectivity index (χ2v) is 8.47. The van der Waals surface area contributed by atoms with Crippen molar-refractivity contribution in [2.24, 2.45) is 0 Å². The Bertz CT molecular complexity index is 1410. The lowest BCUT2D eigenvalue weighted by Crippen LogP contribution is -2.32. The Morgan fingerprint density at radius 2 is 1.72 bits per heavy atom. The minimum atomic E-state index is -0.811. The van der Waals surface area contributed by atoms with Crippen LogP contribution in [0.2, 0.25) is 0 Å². The molecule has 1 aromatic heterocycles. The number of methoxy groups -OCH3 is 1. The number of ketones is 1. The molecule has 1 N–H and O–H groups in total. The quantitative estimate of drug-likeness (QED) is 0.238. The summed E-state index contributed by atoms with van der Waals surface area (Å²) in [7, 11) is 1.58. The highest BCUT2D eigenvalue weighted by Crippen LogP contribution is 2.41. The van der Waals surface area contributed by atoms with Crippen LogP contribution in [0, 0.1) is 0 Å². The van der Waals surface area contributed by atoms with Crippen LogP contribution in [0.4, 0.5) is 0 Å². The molecule has 2 heterocycles. The van der Waals surface area contributed by atoms with Crippen molar-refractivity contribution in [1.82, 2.24) is 4.90 Å². The molecule has 36 heavy (non-hydrogen) atoms. The number of hydrogen-bond acceptors (Lipinski definition) is 6. The van der Waals surface area contributed by atoms with E-state index < -0.39 is 23.5 Å². The largest absolute Gasteiger partial charge is 0.503 e. The monoisotopic (exact) mass is 483 g/mol. The molecule has 3 aromatic carbocycles. The number of nitrogens with zero attached hydrogens (tertiary/aromatic N) is 1. The summed E-state index contributed by atoms with van der Waals surface area (Å²) < 4.78 is 16.9. The number of benzene rings is 3. The lowest BCUT2D eigenvalue weighted by atomic mass is 9.94. The van der Waals surface area contributed by atoms with Crippen molar-refractivity contribution in [2.45, 2.75) is 12.5 Å². The summed E-state index contributed by atoms with van der Waals surface area (Å²) in [5, 5.41) is 11.7. The first kappa shape index (κ1) is 23.4. The molecule has 0 aliphatic carbocycles. The van der Waals surface area contributed by atoms with Gasteiger partial charge >= 0.3 is 0 Å². The molecule has 4 aromatic rings. The van der Waals surface area contributed by atoms with Gasteiger partial charge in [-0.1, -0.05) is 48.5 Å². The van der Waals surface area contributed by atoms with Crippen LogP contribution in [-0.2, 0) is 9.53 Å². The molecule has 1 atom stereocenters. The predicted molar refractivity (Wildman–Crippen MR) is 134 cm³/mol. The number of rotatable bonds is 9. The number of aliphatic hydroxyl groups is 1. The van der Waals surface area contributed by atoms with E-state index >= 15 is 0 Å². The summed E-state index contributed by atoms with van der Waals surface area (Å²) in [6, 6.07) is 24.6. The molecule has 0 saturated heterocycles. The van der Waals surface area contributed by atoms with Crippen LogP contribution in [-0.4, -0.2) is 42.0 Å². The van der Waals surface area contributed by atoms with Crippen LogP contribution >= 0.6 is 0 Å². The maximum absolute atomic E-state index is 13.7. The zero-order chi connectivity index (χ0) is 25.1. The number of para-hydroxylation sites is 2. The summed E-state index contributed by atoms with van der Waals surface area (Å²) in [5.41, 5.74) is 1.17. The van der Waals surface area contributed by atoms with Gasteiger partial charge in [-0.25, -0.2) is 0 Å². The van der Waals surface area contributed by atoms with Crippen molar-refractivity contribution in [3.63, 3.8) is 0 Å². The molecule has 1 unspecified atom stereocenters. The number of carbonyl (C=O) groups excluding carboxylic acids is 2. The second-order valence-electron chi connectivity index (χ2n) is 8.47. The standard InChI is InChI=1S/C29H25NO6/c1-34-16-8-15-30-26(20-10-7-13-22(17-20)35-21-11-3-2-4-12-21)25(28(32)29(30)33)27(31)24-18-19-9-5-6-14-23(19)36-24/h2-7,9-14,17-18,26,32H,8,15-16H2,1H3. The third-order valence-corrected chi connectivity index (χ3v) is 6.10. The van der Waals surface area contributed by atoms with Gasteiger partial charge in [0.25, 0.3) is 5.91 Å². The summed E-state index contributed by atoms with van der Waals surface area (Å²) in [6.45, 7) is 0.726. The first-order chi connectivity index (χ1) is 17.6. The van der Waals surface area contributed by atoms with E-state index in [9.17, 15) is 14.7 Å². The first-order valence-electron chi connectivity index (χ1n) is 11.7. The average Bonchev–Trinajstić information content (AvgIpc) is 3.44. The molecule has 1 aliphatic heterocycles. The van der Waals surface area contributed by atoms with Gasteiger partial charge in [-0.2, -0.15) is 0 Å². The molecule has 0 bridgehead atoms. The highest BCUT2D eigenvalue weighted by Gasteiger charge is 2.44. The van der Waals surface area contributed by atoms with Gasteiger partial charge < -0.3 is 23.9 Å². The molecular weight excluding hydrogens is 458 g/mol. The Morgan fingerprint density at radius 3 is 2.50 bits per heavy atom. The SMILES string of the molecule is COCCCN1C(=O)C(O)=C(C(=O)c2cc3ccccc3o2)C1c1cccc(Oc2ccccc2)c1. The number of ether oxygens (including phenoxy) is 2. The van der Waals surface area contributed by atoms with Crippen molar-refractivity contribution in [1.29, 1.82) is 0 Å². The van der Waals surface area contributed by atoms with Gasteiger partial charge in [0.1, 0.15) is 17.1 Å². The molecule has 0 spiro atoms. The third kappa shape index (κ3) is 4.48. The van der Waals surface area contributed by atoms with Gasteiger partial charge in [0.15, 0.2) is 11.5 Å². The maximum Gasteiger partial charge on any atom is 0.290 e. The molecule has 1 aliphatic rings. The minimum absolute atomic E-state index is 0.0201. The Hall–Kier alpha value is -4.36. The van der Waals surface area contributed by atoms with E-state index in [0.29, 0.717) is 42.2 Å². The Balaban J connectivity index is 1.54. The molecule has 0 fully saturated rings. The van der Waals surface area contributed by atoms with Crippen LogP contribution < -0.4 is 4.74 Å². The van der Waals surface area contributed by atoms with E-state index in [0.717, 1.165) is 5.39 Å². The second kappa shape index (κ2) is 10.1. The molecule has 0 saturated carbocycles. The van der Waals surface area contributed by atoms with Crippen molar-refractivity contribution < 1.29 is 28.6 Å². The molecule has 1 amide bonds. The first-order valence-corrected chi connectivity index (χ1v) is 11.7. The highest BCUT2D eigenvalue weighted by atomic mass is 16.5. The summed E-state index contributed by atoms with van der Waals surface area (Å²) in [4.78, 5) is 28.3. The molecule has 7 heteroatoms. The number of amides is 1. The van der Waals surface area contributed by atoms with E-state index in [1.54, 1.807) is 37.4 Å². The van der Waals surface area contributed by atoms with Crippen LogP contribution in [0.1, 0.15) is 28.6 Å². The van der Waals surface area contributed by atoms with Gasteiger partial charge in [0.2, 0.25) is 5.78 Å². The fourth-order valence-electron chi connectivity index (χ4n) is 4.44. The predicted octanol–water partition coefficient (Wildman–Crippen LogP) is 5.84. The van der Waals surface area contributed by atoms with Crippen LogP contribution in [0.25, 0.3) is 11.0 Å². The fourth-order valence-corrected chi connectivity index (χ4v) is 4.44. The van der Waals surface area contributed by atoms with Gasteiger partial charge in [0.05, 0.1) is 11.6 Å². The normalized spacial score (nSPS) is 15.6. The number of fused-ring (bicyclic) bond motifs is 1. The lowest BCUT2D eigenvalue weighted by molar-refractivity contribution is -0.129. The van der Waals surface area contributed by atoms with Crippen molar-refractivity contribution >= 4 is 22.7 Å². The molecule has 0 radical (unpaired) electrons. The Labute approximate surface area is 208 Å². The molecule has 5 rings (SSSR count). The summed E-state index contributed by atoms with van der Waals surface area (Å²) >= 11 is 0. The third-order valence-electron chi connectivity index (χ3n) is 6.10. The maximum atomic E-state index is 13.7. The highest BCUT2D eigenvalue weighted by molar-refractivity contribution is 6.16. The van der Waals surface area contributed by atoms with Crippen molar-refractivity contribution in [3.8, 4) is 11.5 Å². The summed E-state index contributed by atoms with van der Waals surface area (Å²) in [6.07, 6.45) is 0.540. The molecule has 7 nitrogen and oxygen atoms in total. The minimum Gasteiger partial charge on any atom is -0.503 e. The van der Waals surface area contributed by atoms with Crippen molar-refractivity contribution in [2.75, 3.05) is 20.3 Å². The number of Topliss-reactive ketones (excluding diaryl/α,β-unsaturated/α-hetero) is 1. The Morgan fingerprint density at radius 1 is 0.972 bits per heavy atom. The number of aliphatic hydroxyl groups excluding tert-OH is 1. The van der Waals surface area contributed by atoms with Gasteiger partial charge in [-0.3, -0.25) is 9.59 Å². The topological polar surface area (TPSA) is 89.2 Å². The van der Waals surface area contributed by atoms with Gasteiger partial charge in [-0.15, -0.1) is 0 Å². The lowest BCUT2D eigenvalue weighted by Gasteiger charge is -2.27. The van der Waals surface area contributed by atoms with Crippen molar-refractivity contribution in [3.05, 3.63) is 108 Å². The average molecular weight is 484 g/mol. The van der Waals surface area contributed by atoms with Crippen LogP contribution in [0.15, 0.2) is 101 Å². The van der Waals surface area contributed by atoms with Gasteiger partial charge in [0, 0.05) is 25.6 Å². The number of hydrogen-bond donors (Lipinski definition) is 1. The van der Waals surface area contributed by atoms with E-state index in [-0.39, 0.29) is 11.3 Å². The zero-order valence-electron chi connectivity index (χ0n) is 19.7. The number of furan rings is 1. The number of carbonyl (C=O) groups is 2. The Kier molecular flexibility index (Phi) is 6.56. The van der Waals surface area contributed by atoms with E-state index in [4.69, 9.17) is 13.9 Å². The molecular formula is C29H25NO6. The summed E-state index contributed by atoms with van der Waals surface area (Å²) in [5.74, 6) is -0.449. The van der Waals surface area contributed by atoms with E-state index in [2.05, 4.69) is 0 Å².